The van der Waals surface area contributed by atoms with Crippen LogP contribution in [0.5, 0.6) is 0 Å². The molecule has 0 heterocycles. The fourth-order valence-electron chi connectivity index (χ4n) is 2.61. The molecule has 1 N–H and O–H groups in total. The summed E-state index contributed by atoms with van der Waals surface area (Å²) < 4.78 is 13.2. The molecular formula is C14H17FN2O3. The molecule has 1 aromatic carbocycles. The lowest BCUT2D eigenvalue weighted by molar-refractivity contribution is -0.387. The molecule has 3 atom stereocenters. The van der Waals surface area contributed by atoms with Gasteiger partial charge in [-0.25, -0.2) is 0 Å². The van der Waals surface area contributed by atoms with Crippen molar-refractivity contribution in [1.29, 1.82) is 0 Å². The highest BCUT2D eigenvalue weighted by molar-refractivity contribution is 5.95. The second-order valence-electron chi connectivity index (χ2n) is 5.42. The lowest BCUT2D eigenvalue weighted by Gasteiger charge is -2.19. The monoisotopic (exact) mass is 280 g/mol. The Labute approximate surface area is 116 Å². The van der Waals surface area contributed by atoms with Crippen molar-refractivity contribution in [2.45, 2.75) is 32.7 Å². The van der Waals surface area contributed by atoms with E-state index in [2.05, 4.69) is 19.2 Å². The van der Waals surface area contributed by atoms with Gasteiger partial charge < -0.3 is 5.32 Å². The molecule has 1 saturated carbocycles. The van der Waals surface area contributed by atoms with E-state index in [0.29, 0.717) is 11.8 Å². The highest BCUT2D eigenvalue weighted by Gasteiger charge is 2.31. The highest BCUT2D eigenvalue weighted by Crippen LogP contribution is 2.31. The number of amides is 1. The zero-order chi connectivity index (χ0) is 14.9. The third-order valence-corrected chi connectivity index (χ3v) is 4.19. The van der Waals surface area contributed by atoms with Crippen LogP contribution in [-0.2, 0) is 0 Å². The Morgan fingerprint density at radius 3 is 2.65 bits per heavy atom. The van der Waals surface area contributed by atoms with Gasteiger partial charge in [0.05, 0.1) is 4.92 Å². The molecule has 0 radical (unpaired) electrons. The van der Waals surface area contributed by atoms with Gasteiger partial charge in [0.25, 0.3) is 5.91 Å². The van der Waals surface area contributed by atoms with E-state index < -0.39 is 16.4 Å². The molecule has 6 heteroatoms. The summed E-state index contributed by atoms with van der Waals surface area (Å²) in [7, 11) is 0. The number of benzene rings is 1. The molecule has 1 fully saturated rings. The van der Waals surface area contributed by atoms with Crippen LogP contribution >= 0.6 is 0 Å². The average Bonchev–Trinajstić information content (AvgIpc) is 2.71. The van der Waals surface area contributed by atoms with Crippen LogP contribution in [0.2, 0.25) is 0 Å². The molecule has 0 aromatic heterocycles. The van der Waals surface area contributed by atoms with Gasteiger partial charge in [0, 0.05) is 17.7 Å². The largest absolute Gasteiger partial charge is 0.349 e. The molecule has 0 bridgehead atoms. The molecule has 0 aliphatic heterocycles. The Morgan fingerprint density at radius 2 is 2.10 bits per heavy atom. The summed E-state index contributed by atoms with van der Waals surface area (Å²) in [5, 5.41) is 13.5. The van der Waals surface area contributed by atoms with Crippen LogP contribution in [0.25, 0.3) is 0 Å². The van der Waals surface area contributed by atoms with Crippen LogP contribution in [0, 0.1) is 27.8 Å². The fourth-order valence-corrected chi connectivity index (χ4v) is 2.61. The third kappa shape index (κ3) is 2.79. The number of halogens is 1. The van der Waals surface area contributed by atoms with E-state index in [0.717, 1.165) is 25.0 Å². The van der Waals surface area contributed by atoms with Crippen molar-refractivity contribution in [2.24, 2.45) is 11.8 Å². The molecule has 20 heavy (non-hydrogen) atoms. The zero-order valence-electron chi connectivity index (χ0n) is 11.4. The van der Waals surface area contributed by atoms with E-state index in [1.807, 2.05) is 0 Å². The van der Waals surface area contributed by atoms with Crippen molar-refractivity contribution < 1.29 is 14.1 Å². The number of nitro groups is 1. The topological polar surface area (TPSA) is 72.2 Å². The van der Waals surface area contributed by atoms with Gasteiger partial charge in [0.15, 0.2) is 0 Å². The first kappa shape index (κ1) is 14.4. The SMILES string of the molecule is CC1CCC(NC(=O)c2ccc(F)c([N+](=O)[O-])c2)C1C. The van der Waals surface area contributed by atoms with Crippen LogP contribution in [0.15, 0.2) is 18.2 Å². The summed E-state index contributed by atoms with van der Waals surface area (Å²) in [5.41, 5.74) is -0.560. The number of nitro benzene ring substituents is 1. The molecular weight excluding hydrogens is 263 g/mol. The Bertz CT molecular complexity index is 547. The minimum Gasteiger partial charge on any atom is -0.349 e. The van der Waals surface area contributed by atoms with Gasteiger partial charge in [-0.05, 0) is 36.8 Å². The quantitative estimate of drug-likeness (QED) is 0.683. The molecule has 1 aromatic rings. The third-order valence-electron chi connectivity index (χ3n) is 4.19. The van der Waals surface area contributed by atoms with E-state index in [1.165, 1.54) is 6.07 Å². The van der Waals surface area contributed by atoms with Gasteiger partial charge in [-0.3, -0.25) is 14.9 Å². The van der Waals surface area contributed by atoms with Crippen molar-refractivity contribution in [3.8, 4) is 0 Å². The van der Waals surface area contributed by atoms with E-state index in [4.69, 9.17) is 0 Å². The van der Waals surface area contributed by atoms with Gasteiger partial charge >= 0.3 is 5.69 Å². The average molecular weight is 280 g/mol. The zero-order valence-corrected chi connectivity index (χ0v) is 11.4. The van der Waals surface area contributed by atoms with Crippen molar-refractivity contribution in [3.05, 3.63) is 39.7 Å². The van der Waals surface area contributed by atoms with Gasteiger partial charge in [0.1, 0.15) is 0 Å². The maximum atomic E-state index is 13.2. The summed E-state index contributed by atoms with van der Waals surface area (Å²) >= 11 is 0. The van der Waals surface area contributed by atoms with Crippen molar-refractivity contribution in [2.75, 3.05) is 0 Å². The predicted molar refractivity (Wildman–Crippen MR) is 71.9 cm³/mol. The van der Waals surface area contributed by atoms with Gasteiger partial charge in [0.2, 0.25) is 5.82 Å². The van der Waals surface area contributed by atoms with E-state index in [9.17, 15) is 19.3 Å². The second-order valence-corrected chi connectivity index (χ2v) is 5.42. The Kier molecular flexibility index (Phi) is 4.01. The van der Waals surface area contributed by atoms with Crippen LogP contribution in [0.4, 0.5) is 10.1 Å². The fraction of sp³-hybridized carbons (Fsp3) is 0.500. The first-order chi connectivity index (χ1) is 9.40. The van der Waals surface area contributed by atoms with Crippen LogP contribution in [0.1, 0.15) is 37.0 Å². The molecule has 3 unspecified atom stereocenters. The van der Waals surface area contributed by atoms with Gasteiger partial charge in [-0.1, -0.05) is 13.8 Å². The summed E-state index contributed by atoms with van der Waals surface area (Å²) in [5.74, 6) is -0.411. The maximum absolute atomic E-state index is 13.2. The number of carbonyl (C=O) groups is 1. The first-order valence-corrected chi connectivity index (χ1v) is 6.65. The van der Waals surface area contributed by atoms with Gasteiger partial charge in [-0.2, -0.15) is 4.39 Å². The number of rotatable bonds is 3. The number of hydrogen-bond donors (Lipinski definition) is 1. The van der Waals surface area contributed by atoms with E-state index >= 15 is 0 Å². The number of nitrogens with one attached hydrogen (secondary N) is 1. The minimum absolute atomic E-state index is 0.0709. The summed E-state index contributed by atoms with van der Waals surface area (Å²) in [6.07, 6.45) is 1.95. The molecule has 1 amide bonds. The van der Waals surface area contributed by atoms with Crippen molar-refractivity contribution in [1.82, 2.24) is 5.32 Å². The summed E-state index contributed by atoms with van der Waals surface area (Å²) in [6.45, 7) is 4.22. The lowest BCUT2D eigenvalue weighted by atomic mass is 9.97. The lowest BCUT2D eigenvalue weighted by Crippen LogP contribution is -2.37. The molecule has 5 nitrogen and oxygen atoms in total. The minimum atomic E-state index is -0.936. The summed E-state index contributed by atoms with van der Waals surface area (Å²) in [6, 6.07) is 3.27. The van der Waals surface area contributed by atoms with Crippen LogP contribution in [-0.4, -0.2) is 16.9 Å². The number of nitrogens with zero attached hydrogens (tertiary/aromatic N) is 1. The van der Waals surface area contributed by atoms with Crippen molar-refractivity contribution >= 4 is 11.6 Å². The molecule has 0 spiro atoms. The van der Waals surface area contributed by atoms with Crippen LogP contribution in [0.3, 0.4) is 0 Å². The highest BCUT2D eigenvalue weighted by atomic mass is 19.1. The predicted octanol–water partition coefficient (Wildman–Crippen LogP) is 2.90. The van der Waals surface area contributed by atoms with Gasteiger partial charge in [-0.15, -0.1) is 0 Å². The Hall–Kier alpha value is -1.98. The maximum Gasteiger partial charge on any atom is 0.305 e. The summed E-state index contributed by atoms with van der Waals surface area (Å²) in [4.78, 5) is 21.9. The first-order valence-electron chi connectivity index (χ1n) is 6.65. The van der Waals surface area contributed by atoms with E-state index in [1.54, 1.807) is 0 Å². The van der Waals surface area contributed by atoms with Crippen molar-refractivity contribution in [3.63, 3.8) is 0 Å². The molecule has 0 saturated heterocycles. The number of carbonyl (C=O) groups excluding carboxylic acids is 1. The van der Waals surface area contributed by atoms with Crippen LogP contribution < -0.4 is 5.32 Å². The molecule has 108 valence electrons. The smallest absolute Gasteiger partial charge is 0.305 e. The second kappa shape index (κ2) is 5.56. The Balaban J connectivity index is 2.14. The molecule has 1 aliphatic rings. The van der Waals surface area contributed by atoms with E-state index in [-0.39, 0.29) is 17.5 Å². The molecule has 1 aliphatic carbocycles. The number of hydrogen-bond acceptors (Lipinski definition) is 3. The Morgan fingerprint density at radius 1 is 1.40 bits per heavy atom. The standard InChI is InChI=1S/C14H17FN2O3/c1-8-3-6-12(9(8)2)16-14(18)10-4-5-11(15)13(7-10)17(19)20/h4-5,7-9,12H,3,6H2,1-2H3,(H,16,18). The molecule has 2 rings (SSSR count). The normalized spacial score (nSPS) is 25.4.